The Labute approximate surface area is 138 Å². The summed E-state index contributed by atoms with van der Waals surface area (Å²) in [6.45, 7) is 8.59. The van der Waals surface area contributed by atoms with Crippen LogP contribution >= 0.6 is 0 Å². The summed E-state index contributed by atoms with van der Waals surface area (Å²) in [6, 6.07) is 0.221. The summed E-state index contributed by atoms with van der Waals surface area (Å²) < 4.78 is 0. The smallest absolute Gasteiger partial charge is 0.242 e. The van der Waals surface area contributed by atoms with Crippen LogP contribution in [0.15, 0.2) is 0 Å². The first kappa shape index (κ1) is 16.5. The summed E-state index contributed by atoms with van der Waals surface area (Å²) in [6.07, 6.45) is 5.13. The van der Waals surface area contributed by atoms with Crippen LogP contribution in [0, 0.1) is 16.2 Å². The quantitative estimate of drug-likeness (QED) is 0.627. The van der Waals surface area contributed by atoms with Gasteiger partial charge in [0.15, 0.2) is 0 Å². The van der Waals surface area contributed by atoms with E-state index >= 15 is 0 Å². The number of rotatable bonds is 2. The average molecular weight is 320 g/mol. The molecule has 1 aliphatic carbocycles. The first-order valence-corrected chi connectivity index (χ1v) is 8.89. The number of nitrogens with one attached hydrogen (secondary N) is 1. The zero-order valence-electron chi connectivity index (χ0n) is 14.7. The highest BCUT2D eigenvalue weighted by Gasteiger charge is 2.74. The second-order valence-electron chi connectivity index (χ2n) is 8.20. The van der Waals surface area contributed by atoms with Crippen LogP contribution in [0.5, 0.6) is 0 Å². The molecule has 3 atom stereocenters. The van der Waals surface area contributed by atoms with E-state index in [0.717, 1.165) is 32.2 Å². The molecule has 5 nitrogen and oxygen atoms in total. The van der Waals surface area contributed by atoms with Crippen molar-refractivity contribution in [3.63, 3.8) is 0 Å². The molecule has 0 unspecified atom stereocenters. The summed E-state index contributed by atoms with van der Waals surface area (Å²) in [5, 5.41) is 2.51. The van der Waals surface area contributed by atoms with Gasteiger partial charge in [-0.3, -0.25) is 19.7 Å². The molecule has 128 valence electrons. The molecule has 0 aromatic heterocycles. The number of piperidine rings is 2. The molecule has 0 radical (unpaired) electrons. The van der Waals surface area contributed by atoms with Gasteiger partial charge in [0.25, 0.3) is 0 Å². The van der Waals surface area contributed by atoms with Crippen LogP contribution in [0.25, 0.3) is 0 Å². The van der Waals surface area contributed by atoms with Crippen molar-refractivity contribution in [2.75, 3.05) is 6.54 Å². The number of imide groups is 1. The molecule has 3 amide bonds. The van der Waals surface area contributed by atoms with E-state index in [4.69, 9.17) is 0 Å². The molecule has 2 aliphatic heterocycles. The Kier molecular flexibility index (Phi) is 3.62. The topological polar surface area (TPSA) is 66.5 Å². The van der Waals surface area contributed by atoms with E-state index in [9.17, 15) is 14.4 Å². The van der Waals surface area contributed by atoms with E-state index in [1.807, 2.05) is 25.7 Å². The fourth-order valence-corrected chi connectivity index (χ4v) is 5.08. The summed E-state index contributed by atoms with van der Waals surface area (Å²) in [7, 11) is 0. The number of hydrogen-bond donors (Lipinski definition) is 1. The lowest BCUT2D eigenvalue weighted by Gasteiger charge is -2.52. The first-order valence-electron chi connectivity index (χ1n) is 8.89. The van der Waals surface area contributed by atoms with Crippen molar-refractivity contribution in [1.82, 2.24) is 10.2 Å². The number of carbonyl (C=O) groups is 3. The maximum Gasteiger partial charge on any atom is 0.242 e. The number of carbonyl (C=O) groups excluding carboxylic acids is 3. The summed E-state index contributed by atoms with van der Waals surface area (Å²) >= 11 is 0. The highest BCUT2D eigenvalue weighted by Crippen LogP contribution is 2.65. The minimum absolute atomic E-state index is 0.0530. The van der Waals surface area contributed by atoms with Crippen LogP contribution in [-0.2, 0) is 14.4 Å². The maximum absolute atomic E-state index is 13.5. The molecule has 5 heteroatoms. The Morgan fingerprint density at radius 1 is 1.17 bits per heavy atom. The lowest BCUT2D eigenvalue weighted by atomic mass is 9.55. The van der Waals surface area contributed by atoms with E-state index in [0.29, 0.717) is 12.8 Å². The van der Waals surface area contributed by atoms with E-state index < -0.39 is 16.2 Å². The van der Waals surface area contributed by atoms with Crippen LogP contribution in [0.2, 0.25) is 0 Å². The van der Waals surface area contributed by atoms with Gasteiger partial charge in [-0.1, -0.05) is 27.7 Å². The van der Waals surface area contributed by atoms with E-state index in [2.05, 4.69) is 12.2 Å². The number of hydrogen-bond acceptors (Lipinski definition) is 3. The van der Waals surface area contributed by atoms with Crippen molar-refractivity contribution < 1.29 is 14.4 Å². The second-order valence-corrected chi connectivity index (χ2v) is 8.20. The van der Waals surface area contributed by atoms with Gasteiger partial charge in [-0.25, -0.2) is 0 Å². The van der Waals surface area contributed by atoms with Gasteiger partial charge in [0, 0.05) is 18.0 Å². The molecular weight excluding hydrogens is 292 g/mol. The molecule has 23 heavy (non-hydrogen) atoms. The molecule has 1 saturated carbocycles. The van der Waals surface area contributed by atoms with Crippen LogP contribution in [0.1, 0.15) is 66.2 Å². The molecule has 2 saturated heterocycles. The molecule has 0 aromatic carbocycles. The van der Waals surface area contributed by atoms with Gasteiger partial charge >= 0.3 is 0 Å². The summed E-state index contributed by atoms with van der Waals surface area (Å²) in [5.41, 5.74) is -2.42. The van der Waals surface area contributed by atoms with E-state index in [1.54, 1.807) is 0 Å². The third-order valence-corrected chi connectivity index (χ3v) is 7.29. The van der Waals surface area contributed by atoms with Gasteiger partial charge in [-0.15, -0.1) is 0 Å². The lowest BCUT2D eigenvalue weighted by molar-refractivity contribution is -0.172. The Bertz CT molecular complexity index is 571. The maximum atomic E-state index is 13.5. The van der Waals surface area contributed by atoms with Crippen molar-refractivity contribution in [3.05, 3.63) is 0 Å². The molecule has 3 fully saturated rings. The van der Waals surface area contributed by atoms with Crippen molar-refractivity contribution in [2.24, 2.45) is 16.2 Å². The number of fused-ring (bicyclic) bond motifs is 2. The Balaban J connectivity index is 2.04. The highest BCUT2D eigenvalue weighted by molar-refractivity contribution is 6.16. The Morgan fingerprint density at radius 2 is 1.87 bits per heavy atom. The largest absolute Gasteiger partial charge is 0.339 e. The zero-order valence-corrected chi connectivity index (χ0v) is 14.7. The van der Waals surface area contributed by atoms with Gasteiger partial charge in [-0.05, 0) is 38.5 Å². The van der Waals surface area contributed by atoms with Gasteiger partial charge in [0.2, 0.25) is 17.7 Å². The monoisotopic (exact) mass is 320 g/mol. The molecule has 0 spiro atoms. The molecule has 1 N–H and O–H groups in total. The van der Waals surface area contributed by atoms with Crippen LogP contribution in [0.3, 0.4) is 0 Å². The number of likely N-dealkylation sites (tertiary alicyclic amines) is 1. The number of nitrogens with zero attached hydrogens (tertiary/aromatic N) is 1. The van der Waals surface area contributed by atoms with Crippen molar-refractivity contribution >= 4 is 17.7 Å². The third kappa shape index (κ3) is 1.82. The lowest BCUT2D eigenvalue weighted by Crippen LogP contribution is -2.68. The van der Waals surface area contributed by atoms with Gasteiger partial charge < -0.3 is 4.90 Å². The second kappa shape index (κ2) is 5.05. The SMILES string of the molecule is CC[C@H]1CCCCN1C(=O)[C@]12CC[C@@](C)(C(=O)NC1=O)C2(C)C. The molecule has 0 aromatic rings. The van der Waals surface area contributed by atoms with Crippen LogP contribution in [0.4, 0.5) is 0 Å². The molecule has 2 bridgehead atoms. The predicted molar refractivity (Wildman–Crippen MR) is 86.3 cm³/mol. The van der Waals surface area contributed by atoms with Crippen LogP contribution in [-0.4, -0.2) is 35.2 Å². The summed E-state index contributed by atoms with van der Waals surface area (Å²) in [4.78, 5) is 40.7. The van der Waals surface area contributed by atoms with Crippen molar-refractivity contribution in [2.45, 2.75) is 72.3 Å². The van der Waals surface area contributed by atoms with Crippen molar-refractivity contribution in [1.29, 1.82) is 0 Å². The minimum atomic E-state index is -1.10. The summed E-state index contributed by atoms with van der Waals surface area (Å²) in [5.74, 6) is -0.658. The normalized spacial score (nSPS) is 39.3. The van der Waals surface area contributed by atoms with E-state index in [-0.39, 0.29) is 23.8 Å². The molecule has 3 rings (SSSR count). The van der Waals surface area contributed by atoms with E-state index in [1.165, 1.54) is 0 Å². The van der Waals surface area contributed by atoms with Gasteiger partial charge in [0.1, 0.15) is 5.41 Å². The number of amides is 3. The Hall–Kier alpha value is -1.39. The highest BCUT2D eigenvalue weighted by atomic mass is 16.2. The molecular formula is C18H28N2O3. The fraction of sp³-hybridized carbons (Fsp3) is 0.833. The average Bonchev–Trinajstić information content (AvgIpc) is 2.67. The standard InChI is InChI=1S/C18H28N2O3/c1-5-12-8-6-7-11-20(12)15(23)18-10-9-17(4,16(18,2)3)13(21)19-14(18)22/h12H,5-11H2,1-4H3,(H,19,21,22)/t12-,17-,18-/m0/s1. The van der Waals surface area contributed by atoms with Crippen molar-refractivity contribution in [3.8, 4) is 0 Å². The predicted octanol–water partition coefficient (Wildman–Crippen LogP) is 2.25. The zero-order chi connectivity index (χ0) is 17.0. The fourth-order valence-electron chi connectivity index (χ4n) is 5.08. The molecule has 2 heterocycles. The Morgan fingerprint density at radius 3 is 2.52 bits per heavy atom. The van der Waals surface area contributed by atoms with Crippen LogP contribution < -0.4 is 5.32 Å². The van der Waals surface area contributed by atoms with Gasteiger partial charge in [0.05, 0.1) is 5.41 Å². The first-order chi connectivity index (χ1) is 10.7. The van der Waals surface area contributed by atoms with Gasteiger partial charge in [-0.2, -0.15) is 0 Å². The minimum Gasteiger partial charge on any atom is -0.339 e. The third-order valence-electron chi connectivity index (χ3n) is 7.29. The molecule has 3 aliphatic rings.